The summed E-state index contributed by atoms with van der Waals surface area (Å²) in [6, 6.07) is 0.202. The number of hydrogen-bond acceptors (Lipinski definition) is 2. The van der Waals surface area contributed by atoms with Crippen LogP contribution in [0, 0.1) is 5.21 Å². The zero-order valence-corrected chi connectivity index (χ0v) is 5.90. The topological polar surface area (TPSA) is 61.9 Å². The molecule has 1 fully saturated rings. The van der Waals surface area contributed by atoms with Crippen LogP contribution in [0.15, 0.2) is 5.28 Å². The molecule has 1 aliphatic rings. The van der Waals surface area contributed by atoms with Gasteiger partial charge < -0.3 is 10.4 Å². The summed E-state index contributed by atoms with van der Waals surface area (Å²) in [7, 11) is 0. The molecule has 0 bridgehead atoms. The van der Waals surface area contributed by atoms with Gasteiger partial charge in [0.1, 0.15) is 0 Å². The molecule has 1 heterocycles. The summed E-state index contributed by atoms with van der Waals surface area (Å²) in [6.45, 7) is 2.62. The Morgan fingerprint density at radius 3 is 2.90 bits per heavy atom. The summed E-state index contributed by atoms with van der Waals surface area (Å²) in [5, 5.41) is 22.8. The maximum atomic E-state index is 10.7. The van der Waals surface area contributed by atoms with Crippen molar-refractivity contribution in [3.8, 4) is 0 Å². The van der Waals surface area contributed by atoms with E-state index < -0.39 is 0 Å². The first-order chi connectivity index (χ1) is 4.75. The smallest absolute Gasteiger partial charge is 0.230 e. The molecule has 0 aromatic rings. The molecule has 58 valence electrons. The Hall–Kier alpha value is -1.00. The van der Waals surface area contributed by atoms with E-state index in [-0.39, 0.29) is 11.0 Å². The number of hydrogen-bond donors (Lipinski definition) is 1. The second-order valence-corrected chi connectivity index (χ2v) is 2.50. The Bertz CT molecular complexity index is 148. The van der Waals surface area contributed by atoms with Gasteiger partial charge in [-0.1, -0.05) is 0 Å². The Kier molecular flexibility index (Phi) is 1.94. The van der Waals surface area contributed by atoms with Crippen molar-refractivity contribution >= 4 is 0 Å². The normalized spacial score (nSPS) is 27.5. The van der Waals surface area contributed by atoms with Crippen LogP contribution in [0.25, 0.3) is 0 Å². The van der Waals surface area contributed by atoms with E-state index in [0.717, 1.165) is 12.8 Å². The van der Waals surface area contributed by atoms with Gasteiger partial charge in [0, 0.05) is 0 Å². The summed E-state index contributed by atoms with van der Waals surface area (Å²) >= 11 is 0. The Morgan fingerprint density at radius 2 is 2.50 bits per heavy atom. The van der Waals surface area contributed by atoms with Crippen LogP contribution in [-0.4, -0.2) is 27.8 Å². The molecule has 10 heavy (non-hydrogen) atoms. The third-order valence-corrected chi connectivity index (χ3v) is 1.81. The minimum absolute atomic E-state index is 0.202. The molecule has 0 amide bonds. The van der Waals surface area contributed by atoms with Crippen LogP contribution in [0.5, 0.6) is 0 Å². The second kappa shape index (κ2) is 2.72. The third-order valence-electron chi connectivity index (χ3n) is 1.81. The number of hydrazine groups is 1. The fraction of sp³-hybridized carbons (Fsp3) is 1.00. The van der Waals surface area contributed by atoms with Crippen LogP contribution < -0.4 is 0 Å². The Morgan fingerprint density at radius 1 is 1.80 bits per heavy atom. The van der Waals surface area contributed by atoms with Crippen LogP contribution in [0.4, 0.5) is 0 Å². The van der Waals surface area contributed by atoms with Crippen molar-refractivity contribution in [1.82, 2.24) is 5.01 Å². The van der Waals surface area contributed by atoms with Crippen LogP contribution in [-0.2, 0) is 0 Å². The van der Waals surface area contributed by atoms with E-state index in [1.54, 1.807) is 0 Å². The average molecular weight is 145 g/mol. The molecule has 0 radical (unpaired) electrons. The van der Waals surface area contributed by atoms with Gasteiger partial charge in [-0.25, -0.2) is 0 Å². The van der Waals surface area contributed by atoms with Crippen molar-refractivity contribution in [3.63, 3.8) is 0 Å². The van der Waals surface area contributed by atoms with Gasteiger partial charge in [0.05, 0.1) is 17.6 Å². The fourth-order valence-corrected chi connectivity index (χ4v) is 1.22. The van der Waals surface area contributed by atoms with Crippen molar-refractivity contribution < 1.29 is 10.2 Å². The predicted molar refractivity (Wildman–Crippen MR) is 33.2 cm³/mol. The summed E-state index contributed by atoms with van der Waals surface area (Å²) in [6.07, 6.45) is 1.99. The molecular weight excluding hydrogens is 134 g/mol. The predicted octanol–water partition coefficient (Wildman–Crippen LogP) is 0.737. The molecule has 0 aliphatic carbocycles. The quantitative estimate of drug-likeness (QED) is 0.336. The van der Waals surface area contributed by atoms with Gasteiger partial charge in [-0.15, -0.1) is 5.01 Å². The second-order valence-electron chi connectivity index (χ2n) is 2.50. The van der Waals surface area contributed by atoms with Crippen molar-refractivity contribution in [3.05, 3.63) is 5.21 Å². The SMILES string of the molecule is CC1CCCN1/[N+]([O-])=N/O. The van der Waals surface area contributed by atoms with Gasteiger partial charge in [0.2, 0.25) is 5.28 Å². The van der Waals surface area contributed by atoms with Gasteiger partial charge in [0.15, 0.2) is 0 Å². The molecule has 5 nitrogen and oxygen atoms in total. The molecule has 0 saturated carbocycles. The highest BCUT2D eigenvalue weighted by molar-refractivity contribution is 4.67. The highest BCUT2D eigenvalue weighted by Crippen LogP contribution is 2.15. The monoisotopic (exact) mass is 145 g/mol. The zero-order chi connectivity index (χ0) is 7.56. The number of nitrogens with zero attached hydrogens (tertiary/aromatic N) is 3. The Balaban J connectivity index is 2.55. The highest BCUT2D eigenvalue weighted by Gasteiger charge is 2.26. The maximum Gasteiger partial charge on any atom is 0.230 e. The van der Waals surface area contributed by atoms with Crippen molar-refractivity contribution in [2.75, 3.05) is 6.54 Å². The first kappa shape index (κ1) is 7.11. The van der Waals surface area contributed by atoms with Crippen molar-refractivity contribution in [2.24, 2.45) is 5.28 Å². The molecule has 0 aromatic heterocycles. The van der Waals surface area contributed by atoms with Crippen LogP contribution in [0.2, 0.25) is 0 Å². The van der Waals surface area contributed by atoms with Crippen LogP contribution in [0.3, 0.4) is 0 Å². The van der Waals surface area contributed by atoms with Crippen molar-refractivity contribution in [1.29, 1.82) is 0 Å². The lowest BCUT2D eigenvalue weighted by Gasteiger charge is -2.14. The van der Waals surface area contributed by atoms with Crippen LogP contribution in [0.1, 0.15) is 19.8 Å². The largest absolute Gasteiger partial charge is 0.569 e. The molecule has 1 aliphatic heterocycles. The molecule has 1 saturated heterocycles. The van der Waals surface area contributed by atoms with E-state index in [0.29, 0.717) is 6.54 Å². The van der Waals surface area contributed by atoms with Crippen LogP contribution >= 0.6 is 0 Å². The molecule has 0 aromatic carbocycles. The average Bonchev–Trinajstić information content (AvgIpc) is 2.34. The lowest BCUT2D eigenvalue weighted by atomic mass is 10.3. The lowest BCUT2D eigenvalue weighted by molar-refractivity contribution is -0.712. The van der Waals surface area contributed by atoms with E-state index >= 15 is 0 Å². The first-order valence-corrected chi connectivity index (χ1v) is 3.34. The van der Waals surface area contributed by atoms with Gasteiger partial charge in [-0.3, -0.25) is 0 Å². The fourth-order valence-electron chi connectivity index (χ4n) is 1.22. The minimum atomic E-state index is 0.202. The summed E-state index contributed by atoms with van der Waals surface area (Å²) in [4.78, 5) is 0.248. The van der Waals surface area contributed by atoms with Gasteiger partial charge in [0.25, 0.3) is 0 Å². The Labute approximate surface area is 59.1 Å². The van der Waals surface area contributed by atoms with E-state index in [9.17, 15) is 5.21 Å². The van der Waals surface area contributed by atoms with E-state index in [1.165, 1.54) is 5.01 Å². The van der Waals surface area contributed by atoms with Gasteiger partial charge in [-0.05, 0) is 19.8 Å². The summed E-state index contributed by atoms with van der Waals surface area (Å²) in [5.74, 6) is 0. The maximum absolute atomic E-state index is 10.7. The summed E-state index contributed by atoms with van der Waals surface area (Å²) in [5.41, 5.74) is 0. The molecule has 1 rings (SSSR count). The van der Waals surface area contributed by atoms with E-state index in [4.69, 9.17) is 5.21 Å². The summed E-state index contributed by atoms with van der Waals surface area (Å²) < 4.78 is 0. The van der Waals surface area contributed by atoms with Gasteiger partial charge in [-0.2, -0.15) is 0 Å². The molecular formula is C5H11N3O2. The zero-order valence-electron chi connectivity index (χ0n) is 5.90. The molecule has 1 unspecified atom stereocenters. The third kappa shape index (κ3) is 1.12. The standard InChI is InChI=1S/C5H11N3O2/c1-5-3-2-4-7(5)8(10)6-9/h5,9H,2-4H2,1H3/b8-6-. The lowest BCUT2D eigenvalue weighted by Crippen LogP contribution is -2.33. The van der Waals surface area contributed by atoms with E-state index in [2.05, 4.69) is 5.28 Å². The molecule has 0 spiro atoms. The van der Waals surface area contributed by atoms with Gasteiger partial charge >= 0.3 is 0 Å². The van der Waals surface area contributed by atoms with E-state index in [1.807, 2.05) is 6.92 Å². The van der Waals surface area contributed by atoms with Crippen molar-refractivity contribution in [2.45, 2.75) is 25.8 Å². The molecule has 1 atom stereocenters. The molecule has 1 N–H and O–H groups in total. The molecule has 5 heteroatoms. The number of rotatable bonds is 1. The first-order valence-electron chi connectivity index (χ1n) is 3.34. The highest BCUT2D eigenvalue weighted by atomic mass is 16.6. The minimum Gasteiger partial charge on any atom is -0.569 e.